The number of rotatable bonds is 10. The average Bonchev–Trinajstić information content (AvgIpc) is 2.74. The van der Waals surface area contributed by atoms with E-state index < -0.39 is 22.9 Å². The van der Waals surface area contributed by atoms with Crippen LogP contribution in [-0.4, -0.2) is 73.3 Å². The minimum Gasteiger partial charge on any atom is -0.344 e. The molecule has 1 aromatic carbocycles. The van der Waals surface area contributed by atoms with Gasteiger partial charge in [0.05, 0.1) is 12.1 Å². The second kappa shape index (κ2) is 11.8. The van der Waals surface area contributed by atoms with Crippen LogP contribution < -0.4 is 10.6 Å². The van der Waals surface area contributed by atoms with E-state index in [4.69, 9.17) is 0 Å². The molecule has 0 saturated heterocycles. The van der Waals surface area contributed by atoms with Crippen LogP contribution in [0.3, 0.4) is 0 Å². The van der Waals surface area contributed by atoms with Gasteiger partial charge < -0.3 is 20.4 Å². The molecular formula is C27H46N4O3. The Balaban J connectivity index is 3.22. The fourth-order valence-corrected chi connectivity index (χ4v) is 4.29. The topological polar surface area (TPSA) is 81.8 Å². The number of carbonyl (C=O) groups excluding carboxylic acids is 3. The largest absolute Gasteiger partial charge is 0.344 e. The lowest BCUT2D eigenvalue weighted by atomic mass is 9.76. The average molecular weight is 475 g/mol. The van der Waals surface area contributed by atoms with Gasteiger partial charge in [0.15, 0.2) is 0 Å². The summed E-state index contributed by atoms with van der Waals surface area (Å²) in [6.07, 6.45) is 0. The van der Waals surface area contributed by atoms with Crippen LogP contribution in [0.2, 0.25) is 0 Å². The van der Waals surface area contributed by atoms with Crippen molar-refractivity contribution < 1.29 is 14.4 Å². The Bertz CT molecular complexity index is 830. The molecule has 0 aliphatic rings. The Labute approximate surface area is 206 Å². The molecule has 0 aromatic heterocycles. The maximum atomic E-state index is 13.7. The van der Waals surface area contributed by atoms with E-state index in [2.05, 4.69) is 10.6 Å². The number of amides is 3. The van der Waals surface area contributed by atoms with E-state index in [-0.39, 0.29) is 29.7 Å². The lowest BCUT2D eigenvalue weighted by Gasteiger charge is -2.41. The maximum absolute atomic E-state index is 13.7. The molecule has 3 amide bonds. The third-order valence-electron chi connectivity index (χ3n) is 6.80. The van der Waals surface area contributed by atoms with Crippen molar-refractivity contribution in [1.29, 1.82) is 0 Å². The number of carbonyl (C=O) groups is 3. The summed E-state index contributed by atoms with van der Waals surface area (Å²) in [5, 5.41) is 6.23. The molecule has 0 heterocycles. The van der Waals surface area contributed by atoms with Gasteiger partial charge in [-0.1, -0.05) is 78.8 Å². The third-order valence-corrected chi connectivity index (χ3v) is 6.80. The SMILES string of the molecule is CNC(C(=O)N[C@H](C(=O)N(C)[C@H](CN(C)C(C)=O)C(C)C)C(C)(C)C)C(C)(C)c1ccccc1. The normalized spacial score (nSPS) is 14.8. The number of likely N-dealkylation sites (N-methyl/N-ethyl adjacent to an activating group) is 3. The fourth-order valence-electron chi connectivity index (χ4n) is 4.29. The molecule has 192 valence electrons. The number of benzene rings is 1. The van der Waals surface area contributed by atoms with E-state index in [1.165, 1.54) is 6.92 Å². The van der Waals surface area contributed by atoms with Crippen LogP contribution in [-0.2, 0) is 19.8 Å². The smallest absolute Gasteiger partial charge is 0.245 e. The zero-order valence-electron chi connectivity index (χ0n) is 23.0. The monoisotopic (exact) mass is 474 g/mol. The minimum absolute atomic E-state index is 0.0489. The molecule has 1 aromatic rings. The van der Waals surface area contributed by atoms with Gasteiger partial charge in [0.2, 0.25) is 17.7 Å². The number of hydrogen-bond acceptors (Lipinski definition) is 4. The molecule has 0 aliphatic heterocycles. The molecule has 0 radical (unpaired) electrons. The van der Waals surface area contributed by atoms with E-state index in [1.807, 2.05) is 78.8 Å². The predicted octanol–water partition coefficient (Wildman–Crippen LogP) is 3.04. The number of hydrogen-bond donors (Lipinski definition) is 2. The zero-order valence-corrected chi connectivity index (χ0v) is 23.0. The van der Waals surface area contributed by atoms with Crippen molar-refractivity contribution >= 4 is 17.7 Å². The van der Waals surface area contributed by atoms with Crippen LogP contribution in [0, 0.1) is 11.3 Å². The fraction of sp³-hybridized carbons (Fsp3) is 0.667. The van der Waals surface area contributed by atoms with Crippen molar-refractivity contribution in [2.75, 3.05) is 27.7 Å². The quantitative estimate of drug-likeness (QED) is 0.546. The molecule has 34 heavy (non-hydrogen) atoms. The van der Waals surface area contributed by atoms with Gasteiger partial charge in [-0.25, -0.2) is 0 Å². The zero-order chi connectivity index (χ0) is 26.4. The highest BCUT2D eigenvalue weighted by Gasteiger charge is 2.41. The Morgan fingerprint density at radius 1 is 0.941 bits per heavy atom. The highest BCUT2D eigenvalue weighted by atomic mass is 16.2. The summed E-state index contributed by atoms with van der Waals surface area (Å²) >= 11 is 0. The van der Waals surface area contributed by atoms with Crippen molar-refractivity contribution in [1.82, 2.24) is 20.4 Å². The molecule has 7 heteroatoms. The second-order valence-electron chi connectivity index (χ2n) is 11.3. The maximum Gasteiger partial charge on any atom is 0.245 e. The van der Waals surface area contributed by atoms with E-state index in [1.54, 1.807) is 30.9 Å². The summed E-state index contributed by atoms with van der Waals surface area (Å²) in [6, 6.07) is 8.45. The molecule has 1 rings (SSSR count). The lowest BCUT2D eigenvalue weighted by Crippen LogP contribution is -2.62. The third kappa shape index (κ3) is 7.29. The first kappa shape index (κ1) is 29.6. The molecule has 2 N–H and O–H groups in total. The number of nitrogens with zero attached hydrogens (tertiary/aromatic N) is 2. The van der Waals surface area contributed by atoms with Gasteiger partial charge in [-0.15, -0.1) is 0 Å². The summed E-state index contributed by atoms with van der Waals surface area (Å²) < 4.78 is 0. The van der Waals surface area contributed by atoms with Crippen molar-refractivity contribution in [3.63, 3.8) is 0 Å². The van der Waals surface area contributed by atoms with Gasteiger partial charge in [0, 0.05) is 33.0 Å². The van der Waals surface area contributed by atoms with E-state index in [0.717, 1.165) is 5.56 Å². The standard InChI is InChI=1S/C27H46N4O3/c1-18(2)21(17-30(10)19(3)32)31(11)25(34)23(26(4,5)6)29-24(33)22(28-9)27(7,8)20-15-13-12-14-16-20/h12-16,18,21-23,28H,17H2,1-11H3,(H,29,33)/t21-,22?,23-/m1/s1. The van der Waals surface area contributed by atoms with Crippen LogP contribution in [0.1, 0.15) is 61.0 Å². The van der Waals surface area contributed by atoms with Crippen LogP contribution >= 0.6 is 0 Å². The second-order valence-corrected chi connectivity index (χ2v) is 11.3. The van der Waals surface area contributed by atoms with Gasteiger partial charge in [-0.3, -0.25) is 14.4 Å². The Kier molecular flexibility index (Phi) is 10.3. The summed E-state index contributed by atoms with van der Waals surface area (Å²) in [6.45, 7) is 15.9. The van der Waals surface area contributed by atoms with Crippen molar-refractivity contribution in [3.05, 3.63) is 35.9 Å². The summed E-state index contributed by atoms with van der Waals surface area (Å²) in [5.41, 5.74) is 0.0270. The molecule has 0 bridgehead atoms. The first-order chi connectivity index (χ1) is 15.5. The van der Waals surface area contributed by atoms with Crippen LogP contribution in [0.4, 0.5) is 0 Å². The molecule has 0 aliphatic carbocycles. The van der Waals surface area contributed by atoms with Crippen molar-refractivity contribution in [2.24, 2.45) is 11.3 Å². The Hall–Kier alpha value is -2.41. The highest BCUT2D eigenvalue weighted by molar-refractivity contribution is 5.91. The summed E-state index contributed by atoms with van der Waals surface area (Å²) in [4.78, 5) is 42.4. The minimum atomic E-state index is -0.726. The van der Waals surface area contributed by atoms with Crippen LogP contribution in [0.25, 0.3) is 0 Å². The molecule has 0 spiro atoms. The Morgan fingerprint density at radius 3 is 1.88 bits per heavy atom. The first-order valence-electron chi connectivity index (χ1n) is 12.1. The molecule has 3 atom stereocenters. The van der Waals surface area contributed by atoms with E-state index in [9.17, 15) is 14.4 Å². The molecule has 0 fully saturated rings. The van der Waals surface area contributed by atoms with Gasteiger partial charge in [0.1, 0.15) is 6.04 Å². The van der Waals surface area contributed by atoms with Crippen LogP contribution in [0.15, 0.2) is 30.3 Å². The van der Waals surface area contributed by atoms with Crippen molar-refractivity contribution in [2.45, 2.75) is 78.9 Å². The summed E-state index contributed by atoms with van der Waals surface area (Å²) in [7, 11) is 5.26. The molecule has 0 saturated carbocycles. The Morgan fingerprint density at radius 2 is 1.47 bits per heavy atom. The molecule has 7 nitrogen and oxygen atoms in total. The first-order valence-corrected chi connectivity index (χ1v) is 12.1. The molecule has 1 unspecified atom stereocenters. The molecular weight excluding hydrogens is 428 g/mol. The highest BCUT2D eigenvalue weighted by Crippen LogP contribution is 2.29. The van der Waals surface area contributed by atoms with Gasteiger partial charge in [0.25, 0.3) is 0 Å². The lowest BCUT2D eigenvalue weighted by molar-refractivity contribution is -0.143. The van der Waals surface area contributed by atoms with Crippen LogP contribution in [0.5, 0.6) is 0 Å². The summed E-state index contributed by atoms with van der Waals surface area (Å²) in [5.74, 6) is -0.301. The van der Waals surface area contributed by atoms with Gasteiger partial charge in [-0.2, -0.15) is 0 Å². The van der Waals surface area contributed by atoms with Gasteiger partial charge in [-0.05, 0) is 23.9 Å². The van der Waals surface area contributed by atoms with Crippen molar-refractivity contribution in [3.8, 4) is 0 Å². The van der Waals surface area contributed by atoms with E-state index >= 15 is 0 Å². The number of nitrogens with one attached hydrogen (secondary N) is 2. The van der Waals surface area contributed by atoms with E-state index in [0.29, 0.717) is 6.54 Å². The predicted molar refractivity (Wildman–Crippen MR) is 138 cm³/mol. The van der Waals surface area contributed by atoms with Gasteiger partial charge >= 0.3 is 0 Å².